The van der Waals surface area contributed by atoms with E-state index in [9.17, 15) is 4.79 Å². The lowest BCUT2D eigenvalue weighted by molar-refractivity contribution is 0.0698. The highest BCUT2D eigenvalue weighted by molar-refractivity contribution is 6.42. The monoisotopic (exact) mass is 321 g/mol. The third-order valence-electron chi connectivity index (χ3n) is 3.03. The Morgan fingerprint density at radius 3 is 2.76 bits per heavy atom. The second-order valence-corrected chi connectivity index (χ2v) is 5.29. The molecule has 7 heteroatoms. The van der Waals surface area contributed by atoms with E-state index in [-0.39, 0.29) is 5.56 Å². The second-order valence-electron chi connectivity index (χ2n) is 4.47. The number of carboxylic acid groups (broad SMARTS) is 1. The second kappa shape index (κ2) is 5.35. The lowest BCUT2D eigenvalue weighted by atomic mass is 10.1. The fourth-order valence-electron chi connectivity index (χ4n) is 2.06. The largest absolute Gasteiger partial charge is 0.478 e. The quantitative estimate of drug-likeness (QED) is 0.773. The topological polar surface area (TPSA) is 78.9 Å². The zero-order chi connectivity index (χ0) is 15.0. The van der Waals surface area contributed by atoms with Gasteiger partial charge >= 0.3 is 5.97 Å². The number of benzene rings is 1. The van der Waals surface area contributed by atoms with Gasteiger partial charge in [-0.05, 0) is 23.8 Å². The first-order valence-electron chi connectivity index (χ1n) is 6.05. The molecule has 5 nitrogen and oxygen atoms in total. The number of hydrogen-bond donors (Lipinski definition) is 2. The van der Waals surface area contributed by atoms with E-state index in [0.29, 0.717) is 33.5 Å². The molecule has 3 aromatic rings. The zero-order valence-corrected chi connectivity index (χ0v) is 12.1. The number of carbonyl (C=O) groups is 1. The molecule has 0 radical (unpaired) electrons. The molecule has 0 fully saturated rings. The van der Waals surface area contributed by atoms with Crippen molar-refractivity contribution in [3.05, 3.63) is 57.5 Å². The summed E-state index contributed by atoms with van der Waals surface area (Å²) in [5.41, 5.74) is 1.86. The minimum absolute atomic E-state index is 0.146. The third kappa shape index (κ3) is 2.70. The molecule has 0 saturated heterocycles. The first kappa shape index (κ1) is 13.9. The van der Waals surface area contributed by atoms with Gasteiger partial charge in [0.1, 0.15) is 5.82 Å². The van der Waals surface area contributed by atoms with E-state index in [2.05, 4.69) is 15.0 Å². The van der Waals surface area contributed by atoms with E-state index in [1.54, 1.807) is 12.1 Å². The summed E-state index contributed by atoms with van der Waals surface area (Å²) in [7, 11) is 0. The van der Waals surface area contributed by atoms with Crippen molar-refractivity contribution < 1.29 is 9.90 Å². The Bertz CT molecular complexity index is 845. The van der Waals surface area contributed by atoms with Gasteiger partial charge in [0.2, 0.25) is 0 Å². The van der Waals surface area contributed by atoms with Crippen LogP contribution in [-0.2, 0) is 6.42 Å². The van der Waals surface area contributed by atoms with Crippen LogP contribution < -0.4 is 0 Å². The van der Waals surface area contributed by atoms with Gasteiger partial charge in [0.15, 0.2) is 5.65 Å². The number of fused-ring (bicyclic) bond motifs is 1. The minimum Gasteiger partial charge on any atom is -0.478 e. The van der Waals surface area contributed by atoms with E-state index < -0.39 is 5.97 Å². The summed E-state index contributed by atoms with van der Waals surface area (Å²) >= 11 is 11.8. The molecule has 3 rings (SSSR count). The lowest BCUT2D eigenvalue weighted by Gasteiger charge is -2.00. The van der Waals surface area contributed by atoms with Crippen LogP contribution in [0.3, 0.4) is 0 Å². The molecule has 0 aliphatic carbocycles. The number of pyridine rings is 1. The number of hydrogen-bond acceptors (Lipinski definition) is 3. The Morgan fingerprint density at radius 2 is 2.05 bits per heavy atom. The Kier molecular flexibility index (Phi) is 3.53. The fraction of sp³-hybridized carbons (Fsp3) is 0.0714. The summed E-state index contributed by atoms with van der Waals surface area (Å²) < 4.78 is 0. The van der Waals surface area contributed by atoms with Gasteiger partial charge in [0.05, 0.1) is 21.1 Å². The molecule has 21 heavy (non-hydrogen) atoms. The summed E-state index contributed by atoms with van der Waals surface area (Å²) in [4.78, 5) is 22.5. The van der Waals surface area contributed by atoms with Crippen molar-refractivity contribution in [2.75, 3.05) is 0 Å². The number of nitrogens with zero attached hydrogens (tertiary/aromatic N) is 2. The number of halogens is 2. The minimum atomic E-state index is -1.02. The van der Waals surface area contributed by atoms with Crippen molar-refractivity contribution in [3.63, 3.8) is 0 Å². The van der Waals surface area contributed by atoms with Crippen LogP contribution in [0.1, 0.15) is 21.7 Å². The molecule has 0 aliphatic rings. The number of imidazole rings is 1. The van der Waals surface area contributed by atoms with Crippen LogP contribution in [0.2, 0.25) is 10.0 Å². The van der Waals surface area contributed by atoms with Gasteiger partial charge in [-0.2, -0.15) is 0 Å². The van der Waals surface area contributed by atoms with Crippen LogP contribution >= 0.6 is 23.2 Å². The Morgan fingerprint density at radius 1 is 1.24 bits per heavy atom. The number of carboxylic acids is 1. The lowest BCUT2D eigenvalue weighted by Crippen LogP contribution is -1.97. The van der Waals surface area contributed by atoms with E-state index >= 15 is 0 Å². The standard InChI is InChI=1S/C14H9Cl2N3O2/c15-9-2-1-7(5-10(9)16)6-11-18-12-8(14(20)21)3-4-17-13(12)19-11/h1-5H,6H2,(H,20,21)(H,17,18,19). The molecule has 0 bridgehead atoms. The van der Waals surface area contributed by atoms with Crippen molar-refractivity contribution in [1.82, 2.24) is 15.0 Å². The van der Waals surface area contributed by atoms with E-state index in [4.69, 9.17) is 28.3 Å². The molecule has 0 amide bonds. The smallest absolute Gasteiger partial charge is 0.338 e. The van der Waals surface area contributed by atoms with Crippen molar-refractivity contribution in [3.8, 4) is 0 Å². The highest BCUT2D eigenvalue weighted by atomic mass is 35.5. The maximum Gasteiger partial charge on any atom is 0.338 e. The summed E-state index contributed by atoms with van der Waals surface area (Å²) in [6, 6.07) is 6.74. The van der Waals surface area contributed by atoms with Crippen LogP contribution in [-0.4, -0.2) is 26.0 Å². The SMILES string of the molecule is O=C(O)c1ccnc2nc(Cc3ccc(Cl)c(Cl)c3)[nH]c12. The van der Waals surface area contributed by atoms with Crippen molar-refractivity contribution in [1.29, 1.82) is 0 Å². The van der Waals surface area contributed by atoms with Crippen LogP contribution in [0.4, 0.5) is 0 Å². The maximum absolute atomic E-state index is 11.2. The summed E-state index contributed by atoms with van der Waals surface area (Å²) in [6.07, 6.45) is 1.90. The first-order valence-corrected chi connectivity index (χ1v) is 6.81. The van der Waals surface area contributed by atoms with Crippen LogP contribution in [0.25, 0.3) is 11.2 Å². The van der Waals surface area contributed by atoms with Gasteiger partial charge < -0.3 is 10.1 Å². The van der Waals surface area contributed by atoms with Gasteiger partial charge in [0, 0.05) is 12.6 Å². The van der Waals surface area contributed by atoms with Crippen molar-refractivity contribution in [2.24, 2.45) is 0 Å². The Labute approximate surface area is 129 Å². The predicted molar refractivity (Wildman–Crippen MR) is 80.1 cm³/mol. The summed E-state index contributed by atoms with van der Waals surface area (Å²) in [6.45, 7) is 0. The first-order chi connectivity index (χ1) is 10.0. The van der Waals surface area contributed by atoms with E-state index in [1.165, 1.54) is 12.3 Å². The van der Waals surface area contributed by atoms with Gasteiger partial charge in [0.25, 0.3) is 0 Å². The van der Waals surface area contributed by atoms with E-state index in [1.807, 2.05) is 6.07 Å². The molecule has 0 unspecified atom stereocenters. The highest BCUT2D eigenvalue weighted by Crippen LogP contribution is 2.24. The molecule has 0 atom stereocenters. The number of H-pyrrole nitrogens is 1. The van der Waals surface area contributed by atoms with Crippen LogP contribution in [0.5, 0.6) is 0 Å². The number of aromatic amines is 1. The molecular weight excluding hydrogens is 313 g/mol. The van der Waals surface area contributed by atoms with Crippen LogP contribution in [0, 0.1) is 0 Å². The van der Waals surface area contributed by atoms with Gasteiger partial charge in [-0.15, -0.1) is 0 Å². The predicted octanol–water partition coefficient (Wildman–Crippen LogP) is 3.55. The number of aromatic nitrogens is 3. The molecule has 0 aliphatic heterocycles. The number of nitrogens with one attached hydrogen (secondary N) is 1. The number of aromatic carboxylic acids is 1. The molecule has 106 valence electrons. The fourth-order valence-corrected chi connectivity index (χ4v) is 2.38. The average Bonchev–Trinajstić information content (AvgIpc) is 2.84. The van der Waals surface area contributed by atoms with Crippen molar-refractivity contribution >= 4 is 40.3 Å². The van der Waals surface area contributed by atoms with Gasteiger partial charge in [-0.25, -0.2) is 14.8 Å². The third-order valence-corrected chi connectivity index (χ3v) is 3.77. The molecule has 2 N–H and O–H groups in total. The molecule has 2 heterocycles. The molecule has 0 spiro atoms. The molecular formula is C14H9Cl2N3O2. The average molecular weight is 322 g/mol. The maximum atomic E-state index is 11.2. The van der Waals surface area contributed by atoms with Crippen LogP contribution in [0.15, 0.2) is 30.5 Å². The Hall–Kier alpha value is -2.11. The molecule has 0 saturated carbocycles. The van der Waals surface area contributed by atoms with Gasteiger partial charge in [-0.1, -0.05) is 29.3 Å². The molecule has 1 aromatic carbocycles. The number of rotatable bonds is 3. The van der Waals surface area contributed by atoms with Gasteiger partial charge in [-0.3, -0.25) is 0 Å². The van der Waals surface area contributed by atoms with Crippen molar-refractivity contribution in [2.45, 2.75) is 6.42 Å². The zero-order valence-electron chi connectivity index (χ0n) is 10.6. The summed E-state index contributed by atoms with van der Waals surface area (Å²) in [5, 5.41) is 10.1. The highest BCUT2D eigenvalue weighted by Gasteiger charge is 2.13. The van der Waals surface area contributed by atoms with E-state index in [0.717, 1.165) is 5.56 Å². The summed E-state index contributed by atoms with van der Waals surface area (Å²) in [5.74, 6) is -0.406. The molecule has 2 aromatic heterocycles. The Balaban J connectivity index is 1.99. The normalized spacial score (nSPS) is 11.0.